The van der Waals surface area contributed by atoms with Gasteiger partial charge in [0.05, 0.1) is 10.6 Å². The fourth-order valence-corrected chi connectivity index (χ4v) is 3.51. The number of amides is 1. The van der Waals surface area contributed by atoms with Gasteiger partial charge in [-0.1, -0.05) is 25.1 Å². The molecule has 5 nitrogen and oxygen atoms in total. The van der Waals surface area contributed by atoms with Crippen molar-refractivity contribution in [1.82, 2.24) is 5.32 Å². The molecule has 0 heterocycles. The van der Waals surface area contributed by atoms with Crippen LogP contribution in [0.15, 0.2) is 53.4 Å². The number of sulfonamides is 1. The predicted octanol–water partition coefficient (Wildman–Crippen LogP) is 2.94. The largest absolute Gasteiger partial charge is 0.349 e. The van der Waals surface area contributed by atoms with Crippen molar-refractivity contribution in [2.24, 2.45) is 0 Å². The van der Waals surface area contributed by atoms with Crippen molar-refractivity contribution >= 4 is 21.6 Å². The molecule has 0 aliphatic heterocycles. The molecular weight excluding hydrogens is 324 g/mol. The summed E-state index contributed by atoms with van der Waals surface area (Å²) in [7, 11) is -3.68. The quantitative estimate of drug-likeness (QED) is 0.846. The number of para-hydroxylation sites is 1. The first kappa shape index (κ1) is 16.5. The Morgan fingerprint density at radius 1 is 1.08 bits per heavy atom. The number of carbonyl (C=O) groups is 1. The third kappa shape index (κ3) is 3.76. The fourth-order valence-electron chi connectivity index (χ4n) is 2.41. The summed E-state index contributed by atoms with van der Waals surface area (Å²) in [4.78, 5) is 12.1. The van der Waals surface area contributed by atoms with Crippen LogP contribution < -0.4 is 10.0 Å². The Morgan fingerprint density at radius 2 is 1.75 bits per heavy atom. The summed E-state index contributed by atoms with van der Waals surface area (Å²) >= 11 is 0. The van der Waals surface area contributed by atoms with Gasteiger partial charge in [-0.05, 0) is 55.2 Å². The van der Waals surface area contributed by atoms with Gasteiger partial charge < -0.3 is 5.32 Å². The lowest BCUT2D eigenvalue weighted by Gasteiger charge is -2.12. The minimum absolute atomic E-state index is 0.136. The first-order chi connectivity index (χ1) is 11.5. The highest BCUT2D eigenvalue weighted by molar-refractivity contribution is 7.92. The standard InChI is InChI=1S/C18H20N2O3S/c1-2-13-5-3-4-6-17(13)20-24(22,23)16-11-7-14(8-12-16)18(21)19-15-9-10-15/h3-8,11-12,15,20H,2,9-10H2,1H3,(H,19,21). The summed E-state index contributed by atoms with van der Waals surface area (Å²) in [5, 5.41) is 2.88. The van der Waals surface area contributed by atoms with E-state index in [0.29, 0.717) is 11.3 Å². The molecule has 1 fully saturated rings. The number of anilines is 1. The van der Waals surface area contributed by atoms with Crippen molar-refractivity contribution in [2.45, 2.75) is 37.1 Å². The van der Waals surface area contributed by atoms with Crippen LogP contribution in [0.25, 0.3) is 0 Å². The van der Waals surface area contributed by atoms with Crippen LogP contribution in [-0.4, -0.2) is 20.4 Å². The molecule has 1 aliphatic carbocycles. The molecule has 0 unspecified atom stereocenters. The summed E-state index contributed by atoms with van der Waals surface area (Å²) < 4.78 is 27.7. The SMILES string of the molecule is CCc1ccccc1NS(=O)(=O)c1ccc(C(=O)NC2CC2)cc1. The molecule has 6 heteroatoms. The summed E-state index contributed by atoms with van der Waals surface area (Å²) in [5.41, 5.74) is 1.98. The molecule has 0 aromatic heterocycles. The highest BCUT2D eigenvalue weighted by Crippen LogP contribution is 2.22. The topological polar surface area (TPSA) is 75.3 Å². The van der Waals surface area contributed by atoms with E-state index < -0.39 is 10.0 Å². The van der Waals surface area contributed by atoms with E-state index in [1.54, 1.807) is 12.1 Å². The predicted molar refractivity (Wildman–Crippen MR) is 93.6 cm³/mol. The molecule has 2 aromatic carbocycles. The number of hydrogen-bond acceptors (Lipinski definition) is 3. The molecule has 1 aliphatic rings. The molecule has 1 amide bonds. The van der Waals surface area contributed by atoms with Crippen LogP contribution >= 0.6 is 0 Å². The zero-order chi connectivity index (χ0) is 17.2. The van der Waals surface area contributed by atoms with E-state index in [2.05, 4.69) is 10.0 Å². The molecule has 0 saturated heterocycles. The van der Waals surface area contributed by atoms with E-state index >= 15 is 0 Å². The second-order valence-electron chi connectivity index (χ2n) is 5.89. The van der Waals surface area contributed by atoms with Crippen LogP contribution in [0.3, 0.4) is 0 Å². The van der Waals surface area contributed by atoms with Crippen LogP contribution in [0.2, 0.25) is 0 Å². The lowest BCUT2D eigenvalue weighted by molar-refractivity contribution is 0.0951. The molecule has 3 rings (SSSR count). The molecule has 24 heavy (non-hydrogen) atoms. The lowest BCUT2D eigenvalue weighted by atomic mass is 10.1. The zero-order valence-corrected chi connectivity index (χ0v) is 14.3. The lowest BCUT2D eigenvalue weighted by Crippen LogP contribution is -2.25. The molecule has 0 spiro atoms. The Kier molecular flexibility index (Phi) is 4.57. The van der Waals surface area contributed by atoms with Crippen molar-refractivity contribution in [3.05, 3.63) is 59.7 Å². The van der Waals surface area contributed by atoms with E-state index in [4.69, 9.17) is 0 Å². The van der Waals surface area contributed by atoms with Gasteiger partial charge in [0.25, 0.3) is 15.9 Å². The molecule has 0 radical (unpaired) electrons. The molecule has 126 valence electrons. The Hall–Kier alpha value is -2.34. The summed E-state index contributed by atoms with van der Waals surface area (Å²) in [5.74, 6) is -0.161. The minimum atomic E-state index is -3.68. The van der Waals surface area contributed by atoms with Gasteiger partial charge in [-0.15, -0.1) is 0 Å². The van der Waals surface area contributed by atoms with Gasteiger partial charge in [0.15, 0.2) is 0 Å². The Bertz CT molecular complexity index is 841. The average molecular weight is 344 g/mol. The number of nitrogens with one attached hydrogen (secondary N) is 2. The average Bonchev–Trinajstić information content (AvgIpc) is 3.39. The third-order valence-electron chi connectivity index (χ3n) is 3.98. The first-order valence-electron chi connectivity index (χ1n) is 8.01. The smallest absolute Gasteiger partial charge is 0.261 e. The third-order valence-corrected chi connectivity index (χ3v) is 5.36. The van der Waals surface area contributed by atoms with E-state index in [1.165, 1.54) is 24.3 Å². The molecule has 0 atom stereocenters. The van der Waals surface area contributed by atoms with Crippen molar-refractivity contribution < 1.29 is 13.2 Å². The number of carbonyl (C=O) groups excluding carboxylic acids is 1. The van der Waals surface area contributed by atoms with Gasteiger partial charge >= 0.3 is 0 Å². The van der Waals surface area contributed by atoms with E-state index in [1.807, 2.05) is 19.1 Å². The van der Waals surface area contributed by atoms with Gasteiger partial charge in [0, 0.05) is 11.6 Å². The van der Waals surface area contributed by atoms with Crippen molar-refractivity contribution in [1.29, 1.82) is 0 Å². The minimum Gasteiger partial charge on any atom is -0.349 e. The Labute approximate surface area is 142 Å². The van der Waals surface area contributed by atoms with Gasteiger partial charge in [-0.2, -0.15) is 0 Å². The van der Waals surface area contributed by atoms with Gasteiger partial charge in [0.2, 0.25) is 0 Å². The number of aryl methyl sites for hydroxylation is 1. The first-order valence-corrected chi connectivity index (χ1v) is 9.49. The highest BCUT2D eigenvalue weighted by Gasteiger charge is 2.24. The van der Waals surface area contributed by atoms with Gasteiger partial charge in [-0.25, -0.2) is 8.42 Å². The zero-order valence-electron chi connectivity index (χ0n) is 13.5. The van der Waals surface area contributed by atoms with Crippen molar-refractivity contribution in [2.75, 3.05) is 4.72 Å². The van der Waals surface area contributed by atoms with Crippen LogP contribution in [0.4, 0.5) is 5.69 Å². The normalized spacial score (nSPS) is 14.2. The molecule has 2 N–H and O–H groups in total. The monoisotopic (exact) mass is 344 g/mol. The van der Waals surface area contributed by atoms with Gasteiger partial charge in [-0.3, -0.25) is 9.52 Å². The Balaban J connectivity index is 1.78. The summed E-state index contributed by atoms with van der Waals surface area (Å²) in [6.45, 7) is 1.97. The second-order valence-corrected chi connectivity index (χ2v) is 7.57. The summed E-state index contributed by atoms with van der Waals surface area (Å²) in [6.07, 6.45) is 2.76. The van der Waals surface area contributed by atoms with Crippen LogP contribution in [0.5, 0.6) is 0 Å². The molecular formula is C18H20N2O3S. The van der Waals surface area contributed by atoms with E-state index in [0.717, 1.165) is 24.8 Å². The van der Waals surface area contributed by atoms with E-state index in [-0.39, 0.29) is 16.8 Å². The van der Waals surface area contributed by atoms with Crippen molar-refractivity contribution in [3.8, 4) is 0 Å². The number of benzene rings is 2. The van der Waals surface area contributed by atoms with Crippen LogP contribution in [0, 0.1) is 0 Å². The summed E-state index contributed by atoms with van der Waals surface area (Å²) in [6, 6.07) is 13.6. The van der Waals surface area contributed by atoms with Crippen molar-refractivity contribution in [3.63, 3.8) is 0 Å². The molecule has 0 bridgehead atoms. The number of hydrogen-bond donors (Lipinski definition) is 2. The maximum absolute atomic E-state index is 12.5. The molecule has 1 saturated carbocycles. The maximum atomic E-state index is 12.5. The Morgan fingerprint density at radius 3 is 2.38 bits per heavy atom. The van der Waals surface area contributed by atoms with Crippen LogP contribution in [-0.2, 0) is 16.4 Å². The fraction of sp³-hybridized carbons (Fsp3) is 0.278. The second kappa shape index (κ2) is 6.65. The number of rotatable bonds is 6. The molecule has 2 aromatic rings. The van der Waals surface area contributed by atoms with Gasteiger partial charge in [0.1, 0.15) is 0 Å². The highest BCUT2D eigenvalue weighted by atomic mass is 32.2. The van der Waals surface area contributed by atoms with Crippen LogP contribution in [0.1, 0.15) is 35.7 Å². The van der Waals surface area contributed by atoms with E-state index in [9.17, 15) is 13.2 Å². The maximum Gasteiger partial charge on any atom is 0.261 e.